The predicted molar refractivity (Wildman–Crippen MR) is 105 cm³/mol. The molecule has 0 unspecified atom stereocenters. The van der Waals surface area contributed by atoms with E-state index in [0.29, 0.717) is 6.61 Å². The van der Waals surface area contributed by atoms with Crippen LogP contribution in [0.2, 0.25) is 0 Å². The number of aromatic nitrogens is 1. The molecule has 1 aliphatic heterocycles. The van der Waals surface area contributed by atoms with Crippen molar-refractivity contribution < 1.29 is 13.5 Å². The van der Waals surface area contributed by atoms with Crippen molar-refractivity contribution in [3.63, 3.8) is 0 Å². The van der Waals surface area contributed by atoms with Crippen molar-refractivity contribution in [1.82, 2.24) is 4.98 Å². The van der Waals surface area contributed by atoms with Crippen molar-refractivity contribution in [1.29, 1.82) is 0 Å². The Hall–Kier alpha value is -3.53. The van der Waals surface area contributed by atoms with Crippen molar-refractivity contribution in [2.45, 2.75) is 6.61 Å². The van der Waals surface area contributed by atoms with Crippen molar-refractivity contribution in [2.75, 3.05) is 0 Å². The van der Waals surface area contributed by atoms with E-state index < -0.39 is 0 Å². The molecule has 136 valence electrons. The van der Waals surface area contributed by atoms with Crippen LogP contribution in [-0.2, 0) is 6.61 Å². The number of nitrogens with zero attached hydrogens (tertiary/aromatic N) is 1. The summed E-state index contributed by atoms with van der Waals surface area (Å²) in [4.78, 5) is 4.88. The molecule has 4 heteroatoms. The van der Waals surface area contributed by atoms with E-state index in [2.05, 4.69) is 0 Å². The van der Waals surface area contributed by atoms with Gasteiger partial charge in [0.2, 0.25) is 0 Å². The highest BCUT2D eigenvalue weighted by Crippen LogP contribution is 2.41. The van der Waals surface area contributed by atoms with Gasteiger partial charge in [0.1, 0.15) is 24.0 Å². The summed E-state index contributed by atoms with van der Waals surface area (Å²) in [5.74, 6) is 0.204. The van der Waals surface area contributed by atoms with Gasteiger partial charge in [-0.3, -0.25) is 0 Å². The summed E-state index contributed by atoms with van der Waals surface area (Å²) in [6.45, 7) is 0.385. The number of hydrogen-bond acceptors (Lipinski definition) is 2. The Labute approximate surface area is 161 Å². The first-order chi connectivity index (χ1) is 13.7. The maximum absolute atomic E-state index is 13.4. The van der Waals surface area contributed by atoms with E-state index in [4.69, 9.17) is 9.72 Å². The molecule has 3 aromatic carbocycles. The van der Waals surface area contributed by atoms with Gasteiger partial charge in [-0.1, -0.05) is 24.3 Å². The molecule has 1 aliphatic rings. The van der Waals surface area contributed by atoms with E-state index >= 15 is 0 Å². The van der Waals surface area contributed by atoms with Gasteiger partial charge in [0.15, 0.2) is 0 Å². The summed E-state index contributed by atoms with van der Waals surface area (Å²) in [6, 6.07) is 22.4. The fourth-order valence-corrected chi connectivity index (χ4v) is 3.53. The van der Waals surface area contributed by atoms with Crippen LogP contribution in [0, 0.1) is 11.6 Å². The molecule has 0 fully saturated rings. The van der Waals surface area contributed by atoms with Crippen LogP contribution >= 0.6 is 0 Å². The van der Waals surface area contributed by atoms with E-state index in [1.807, 2.05) is 30.3 Å². The van der Waals surface area contributed by atoms with Crippen molar-refractivity contribution in [3.05, 3.63) is 96.1 Å². The quantitative estimate of drug-likeness (QED) is 0.415. The number of pyridine rings is 1. The standard InChI is InChI=1S/C24H15F2NO/c25-17-9-5-15(6-10-17)20-13-22(16-7-11-18(26)12-8-16)27-24-19-3-1-2-4-23(19)28-14-21(20)24/h1-13H,14H2. The number of para-hydroxylation sites is 1. The van der Waals surface area contributed by atoms with Crippen LogP contribution in [0.25, 0.3) is 33.6 Å². The summed E-state index contributed by atoms with van der Waals surface area (Å²) in [6.07, 6.45) is 0. The second-order valence-electron chi connectivity index (χ2n) is 6.68. The summed E-state index contributed by atoms with van der Waals surface area (Å²) < 4.78 is 32.8. The topological polar surface area (TPSA) is 22.1 Å². The molecule has 0 aliphatic carbocycles. The number of fused-ring (bicyclic) bond motifs is 3. The van der Waals surface area contributed by atoms with E-state index in [-0.39, 0.29) is 11.6 Å². The molecule has 1 aromatic heterocycles. The van der Waals surface area contributed by atoms with Gasteiger partial charge >= 0.3 is 0 Å². The second kappa shape index (κ2) is 6.57. The fourth-order valence-electron chi connectivity index (χ4n) is 3.53. The van der Waals surface area contributed by atoms with E-state index in [1.165, 1.54) is 24.3 Å². The lowest BCUT2D eigenvalue weighted by molar-refractivity contribution is 0.302. The molecule has 0 bridgehead atoms. The van der Waals surface area contributed by atoms with Gasteiger partial charge in [0.05, 0.1) is 11.4 Å². The highest BCUT2D eigenvalue weighted by Gasteiger charge is 2.23. The Morgan fingerprint density at radius 2 is 1.36 bits per heavy atom. The van der Waals surface area contributed by atoms with Gasteiger partial charge in [-0.05, 0) is 65.7 Å². The molecule has 0 radical (unpaired) electrons. The smallest absolute Gasteiger partial charge is 0.129 e. The normalized spacial score (nSPS) is 12.1. The Kier molecular flexibility index (Phi) is 3.90. The number of halogens is 2. The van der Waals surface area contributed by atoms with Gasteiger partial charge in [-0.15, -0.1) is 0 Å². The number of rotatable bonds is 2. The predicted octanol–water partition coefficient (Wildman–Crippen LogP) is 6.25. The Balaban J connectivity index is 1.78. The van der Waals surface area contributed by atoms with Crippen molar-refractivity contribution >= 4 is 0 Å². The summed E-state index contributed by atoms with van der Waals surface area (Å²) in [5, 5.41) is 0. The zero-order valence-corrected chi connectivity index (χ0v) is 14.8. The van der Waals surface area contributed by atoms with E-state index in [1.54, 1.807) is 24.3 Å². The molecule has 2 nitrogen and oxygen atoms in total. The molecule has 0 N–H and O–H groups in total. The lowest BCUT2D eigenvalue weighted by Gasteiger charge is -2.23. The maximum atomic E-state index is 13.4. The van der Waals surface area contributed by atoms with Gasteiger partial charge < -0.3 is 4.74 Å². The molecule has 2 heterocycles. The number of hydrogen-bond donors (Lipinski definition) is 0. The van der Waals surface area contributed by atoms with Crippen LogP contribution in [0.15, 0.2) is 78.9 Å². The van der Waals surface area contributed by atoms with Crippen molar-refractivity contribution in [3.8, 4) is 39.4 Å². The van der Waals surface area contributed by atoms with Crippen LogP contribution in [0.4, 0.5) is 8.78 Å². The highest BCUT2D eigenvalue weighted by atomic mass is 19.1. The Morgan fingerprint density at radius 3 is 2.07 bits per heavy atom. The van der Waals surface area contributed by atoms with Crippen LogP contribution in [0.5, 0.6) is 5.75 Å². The average molecular weight is 371 g/mol. The second-order valence-corrected chi connectivity index (χ2v) is 6.68. The summed E-state index contributed by atoms with van der Waals surface area (Å²) in [5.41, 5.74) is 6.06. The number of benzene rings is 3. The minimum absolute atomic E-state index is 0.285. The Morgan fingerprint density at radius 1 is 0.714 bits per heavy atom. The molecule has 28 heavy (non-hydrogen) atoms. The molecular formula is C24H15F2NO. The molecule has 0 saturated heterocycles. The maximum Gasteiger partial charge on any atom is 0.129 e. The first-order valence-electron chi connectivity index (χ1n) is 8.97. The minimum atomic E-state index is -0.292. The molecule has 5 rings (SSSR count). The monoisotopic (exact) mass is 371 g/mol. The van der Waals surface area contributed by atoms with Gasteiger partial charge in [-0.2, -0.15) is 0 Å². The fraction of sp³-hybridized carbons (Fsp3) is 0.0417. The van der Waals surface area contributed by atoms with Crippen LogP contribution < -0.4 is 4.74 Å². The van der Waals surface area contributed by atoms with Crippen molar-refractivity contribution in [2.24, 2.45) is 0 Å². The third kappa shape index (κ3) is 2.83. The average Bonchev–Trinajstić information content (AvgIpc) is 2.74. The lowest BCUT2D eigenvalue weighted by atomic mass is 9.92. The van der Waals surface area contributed by atoms with Gasteiger partial charge in [-0.25, -0.2) is 13.8 Å². The van der Waals surface area contributed by atoms with Gasteiger partial charge in [0, 0.05) is 16.7 Å². The third-order valence-corrected chi connectivity index (χ3v) is 4.93. The molecule has 0 atom stereocenters. The number of ether oxygens (including phenoxy) is 1. The highest BCUT2D eigenvalue weighted by molar-refractivity contribution is 5.83. The van der Waals surface area contributed by atoms with E-state index in [0.717, 1.165) is 45.0 Å². The van der Waals surface area contributed by atoms with Crippen LogP contribution in [0.3, 0.4) is 0 Å². The van der Waals surface area contributed by atoms with Crippen LogP contribution in [-0.4, -0.2) is 4.98 Å². The first kappa shape index (κ1) is 16.6. The molecule has 0 saturated carbocycles. The molecule has 0 spiro atoms. The molecule has 4 aromatic rings. The first-order valence-corrected chi connectivity index (χ1v) is 8.97. The minimum Gasteiger partial charge on any atom is -0.488 e. The lowest BCUT2D eigenvalue weighted by Crippen LogP contribution is -2.09. The zero-order valence-electron chi connectivity index (χ0n) is 14.8. The summed E-state index contributed by atoms with van der Waals surface area (Å²) in [7, 11) is 0. The Bertz CT molecular complexity index is 1170. The van der Waals surface area contributed by atoms with Gasteiger partial charge in [0.25, 0.3) is 0 Å². The largest absolute Gasteiger partial charge is 0.488 e. The SMILES string of the molecule is Fc1ccc(-c2cc(-c3ccc(F)cc3)c3c(n2)-c2ccccc2OC3)cc1. The molecular weight excluding hydrogens is 356 g/mol. The third-order valence-electron chi connectivity index (χ3n) is 4.93. The zero-order chi connectivity index (χ0) is 19.1. The molecule has 0 amide bonds. The van der Waals surface area contributed by atoms with E-state index in [9.17, 15) is 8.78 Å². The summed E-state index contributed by atoms with van der Waals surface area (Å²) >= 11 is 0. The van der Waals surface area contributed by atoms with Crippen LogP contribution in [0.1, 0.15) is 5.56 Å².